The number of quaternary nitrogens is 1. The number of thiophene rings is 1. The van der Waals surface area contributed by atoms with Gasteiger partial charge >= 0.3 is 5.97 Å². The lowest BCUT2D eigenvalue weighted by molar-refractivity contribution is -0.946. The number of piperidine rings is 3. The van der Waals surface area contributed by atoms with Gasteiger partial charge in [-0.1, -0.05) is 18.9 Å². The fourth-order valence-electron chi connectivity index (χ4n) is 5.61. The van der Waals surface area contributed by atoms with Crippen LogP contribution in [-0.2, 0) is 15.1 Å². The van der Waals surface area contributed by atoms with Crippen LogP contribution < -0.4 is 0 Å². The van der Waals surface area contributed by atoms with Crippen molar-refractivity contribution >= 4 is 17.3 Å². The van der Waals surface area contributed by atoms with Crippen LogP contribution in [-0.4, -0.2) is 59.6 Å². The first-order valence-electron chi connectivity index (χ1n) is 10.5. The van der Waals surface area contributed by atoms with E-state index in [1.807, 2.05) is 17.5 Å². The minimum atomic E-state index is -1.49. The van der Waals surface area contributed by atoms with Crippen LogP contribution >= 0.6 is 11.3 Å². The van der Waals surface area contributed by atoms with Crippen molar-refractivity contribution in [3.8, 4) is 0 Å². The van der Waals surface area contributed by atoms with Crippen molar-refractivity contribution in [3.05, 3.63) is 22.4 Å². The van der Waals surface area contributed by atoms with E-state index < -0.39 is 11.6 Å². The zero-order valence-electron chi connectivity index (χ0n) is 16.0. The smallest absolute Gasteiger partial charge is 0.344 e. The van der Waals surface area contributed by atoms with Gasteiger partial charge in [0.1, 0.15) is 6.54 Å². The van der Waals surface area contributed by atoms with Crippen LogP contribution in [0.25, 0.3) is 0 Å². The van der Waals surface area contributed by atoms with Gasteiger partial charge in [0.2, 0.25) is 0 Å². The van der Waals surface area contributed by atoms with E-state index in [0.29, 0.717) is 5.92 Å². The maximum Gasteiger partial charge on any atom is 0.344 e. The van der Waals surface area contributed by atoms with Crippen LogP contribution in [0.2, 0.25) is 0 Å². The molecule has 150 valence electrons. The molecule has 27 heavy (non-hydrogen) atoms. The van der Waals surface area contributed by atoms with Gasteiger partial charge in [0.05, 0.1) is 19.6 Å². The third-order valence-corrected chi connectivity index (χ3v) is 8.24. The number of nitrogens with zero attached hydrogens (tertiary/aromatic N) is 1. The molecule has 0 unspecified atom stereocenters. The molecule has 3 aliphatic heterocycles. The summed E-state index contributed by atoms with van der Waals surface area (Å²) in [5.41, 5.74) is -1.49. The summed E-state index contributed by atoms with van der Waals surface area (Å²) in [4.78, 5) is 14.0. The van der Waals surface area contributed by atoms with Gasteiger partial charge in [-0.3, -0.25) is 0 Å². The van der Waals surface area contributed by atoms with E-state index in [1.165, 1.54) is 11.3 Å². The second-order valence-electron chi connectivity index (χ2n) is 8.78. The van der Waals surface area contributed by atoms with Gasteiger partial charge < -0.3 is 19.4 Å². The third-order valence-electron chi connectivity index (χ3n) is 7.24. The summed E-state index contributed by atoms with van der Waals surface area (Å²) in [6.07, 6.45) is 6.74. The molecule has 3 saturated heterocycles. The molecule has 2 bridgehead atoms. The number of hydrogen-bond donors (Lipinski definition) is 2. The maximum atomic E-state index is 13.3. The molecule has 5 rings (SSSR count). The number of aliphatic hydroxyl groups excluding tert-OH is 1. The van der Waals surface area contributed by atoms with Crippen LogP contribution in [0.4, 0.5) is 0 Å². The predicted octanol–water partition coefficient (Wildman–Crippen LogP) is 2.66. The van der Waals surface area contributed by atoms with Crippen molar-refractivity contribution in [3.63, 3.8) is 0 Å². The summed E-state index contributed by atoms with van der Waals surface area (Å²) in [6.45, 7) is 4.25. The topological polar surface area (TPSA) is 66.8 Å². The predicted molar refractivity (Wildman–Crippen MR) is 104 cm³/mol. The summed E-state index contributed by atoms with van der Waals surface area (Å²) in [5.74, 6) is -0.0579. The highest BCUT2D eigenvalue weighted by molar-refractivity contribution is 7.10. The standard InChI is InChI=1S/C21H32NO4S/c23-13-4-10-22-11-8-16(9-12-22)18(15-22)26-20(24)21(25,17-5-1-2-6-17)19-7-3-14-27-19/h3,7,14,16-18,23,25H,1-2,4-6,8-13,15H2/q+1/t16?,18-,21+,22?/m0/s1. The molecule has 0 spiro atoms. The quantitative estimate of drug-likeness (QED) is 0.551. The monoisotopic (exact) mass is 394 g/mol. The SMILES string of the molecule is O=C(O[C@H]1C[N+]2(CCCO)CCC1CC2)[C@](O)(c1cccs1)C1CCCC1. The molecule has 6 heteroatoms. The number of aliphatic hydroxyl groups is 2. The van der Waals surface area contributed by atoms with Crippen molar-refractivity contribution in [1.82, 2.24) is 0 Å². The Kier molecular flexibility index (Phi) is 5.61. The van der Waals surface area contributed by atoms with Crippen molar-refractivity contribution in [1.29, 1.82) is 0 Å². The molecule has 1 aliphatic carbocycles. The molecule has 0 radical (unpaired) electrons. The molecule has 1 aromatic heterocycles. The van der Waals surface area contributed by atoms with E-state index in [1.54, 1.807) is 0 Å². The first kappa shape index (κ1) is 19.4. The van der Waals surface area contributed by atoms with Crippen LogP contribution in [0.15, 0.2) is 17.5 Å². The Balaban J connectivity index is 1.51. The summed E-state index contributed by atoms with van der Waals surface area (Å²) in [5, 5.41) is 22.7. The number of ether oxygens (including phenoxy) is 1. The van der Waals surface area contributed by atoms with Crippen LogP contribution in [0, 0.1) is 11.8 Å². The highest BCUT2D eigenvalue weighted by atomic mass is 32.1. The van der Waals surface area contributed by atoms with Gasteiger partial charge in [-0.05, 0) is 24.3 Å². The molecule has 2 atom stereocenters. The molecule has 0 aromatic carbocycles. The average molecular weight is 395 g/mol. The Bertz CT molecular complexity index is 635. The number of rotatable bonds is 7. The normalized spacial score (nSPS) is 33.1. The van der Waals surface area contributed by atoms with E-state index in [-0.39, 0.29) is 18.6 Å². The lowest BCUT2D eigenvalue weighted by atomic mass is 9.82. The highest BCUT2D eigenvalue weighted by Gasteiger charge is 2.52. The van der Waals surface area contributed by atoms with Crippen LogP contribution in [0.5, 0.6) is 0 Å². The lowest BCUT2D eigenvalue weighted by Crippen LogP contribution is -2.65. The highest BCUT2D eigenvalue weighted by Crippen LogP contribution is 2.44. The molecular formula is C21H32NO4S+. The number of fused-ring (bicyclic) bond motifs is 3. The average Bonchev–Trinajstić information content (AvgIpc) is 3.41. The molecule has 1 aromatic rings. The zero-order chi connectivity index (χ0) is 18.9. The van der Waals surface area contributed by atoms with Gasteiger partial charge in [0.25, 0.3) is 0 Å². The van der Waals surface area contributed by atoms with Crippen molar-refractivity contribution in [2.75, 3.05) is 32.8 Å². The Morgan fingerprint density at radius 3 is 2.63 bits per heavy atom. The van der Waals surface area contributed by atoms with E-state index in [0.717, 1.165) is 80.5 Å². The van der Waals surface area contributed by atoms with Gasteiger partial charge in [0, 0.05) is 42.6 Å². The van der Waals surface area contributed by atoms with Crippen molar-refractivity contribution < 1.29 is 24.2 Å². The van der Waals surface area contributed by atoms with E-state index >= 15 is 0 Å². The van der Waals surface area contributed by atoms with E-state index in [4.69, 9.17) is 4.74 Å². The van der Waals surface area contributed by atoms with E-state index in [9.17, 15) is 15.0 Å². The molecule has 4 aliphatic rings. The minimum Gasteiger partial charge on any atom is -0.454 e. The second-order valence-corrected chi connectivity index (χ2v) is 9.73. The fourth-order valence-corrected chi connectivity index (χ4v) is 6.50. The number of esters is 1. The molecule has 0 amide bonds. The molecule has 2 N–H and O–H groups in total. The first-order valence-corrected chi connectivity index (χ1v) is 11.4. The zero-order valence-corrected chi connectivity index (χ0v) is 16.8. The van der Waals surface area contributed by atoms with Crippen molar-refractivity contribution in [2.24, 2.45) is 11.8 Å². The molecule has 4 heterocycles. The Labute approximate surface area is 165 Å². The Hall–Kier alpha value is -0.950. The minimum absolute atomic E-state index is 0.0396. The first-order chi connectivity index (χ1) is 13.1. The molecular weight excluding hydrogens is 362 g/mol. The lowest BCUT2D eigenvalue weighted by Gasteiger charge is -2.52. The maximum absolute atomic E-state index is 13.3. The van der Waals surface area contributed by atoms with Gasteiger partial charge in [-0.2, -0.15) is 0 Å². The van der Waals surface area contributed by atoms with Crippen LogP contribution in [0.3, 0.4) is 0 Å². The molecule has 4 fully saturated rings. The number of carbonyl (C=O) groups excluding carboxylic acids is 1. The molecule has 5 nitrogen and oxygen atoms in total. The second kappa shape index (κ2) is 7.82. The van der Waals surface area contributed by atoms with Crippen LogP contribution in [0.1, 0.15) is 49.8 Å². The largest absolute Gasteiger partial charge is 0.454 e. The number of hydrogen-bond acceptors (Lipinski definition) is 5. The number of carbonyl (C=O) groups is 1. The summed E-state index contributed by atoms with van der Waals surface area (Å²) >= 11 is 1.45. The Morgan fingerprint density at radius 1 is 1.26 bits per heavy atom. The fraction of sp³-hybridized carbons (Fsp3) is 0.762. The van der Waals surface area contributed by atoms with E-state index in [2.05, 4.69) is 0 Å². The van der Waals surface area contributed by atoms with Gasteiger partial charge in [0.15, 0.2) is 11.7 Å². The Morgan fingerprint density at radius 2 is 2.00 bits per heavy atom. The summed E-state index contributed by atoms with van der Waals surface area (Å²) in [6, 6.07) is 3.77. The summed E-state index contributed by atoms with van der Waals surface area (Å²) in [7, 11) is 0. The third kappa shape index (κ3) is 3.57. The molecule has 1 saturated carbocycles. The summed E-state index contributed by atoms with van der Waals surface area (Å²) < 4.78 is 7.03. The van der Waals surface area contributed by atoms with Crippen molar-refractivity contribution in [2.45, 2.75) is 56.7 Å². The van der Waals surface area contributed by atoms with Gasteiger partial charge in [-0.15, -0.1) is 11.3 Å². The van der Waals surface area contributed by atoms with Gasteiger partial charge in [-0.25, -0.2) is 4.79 Å².